The van der Waals surface area contributed by atoms with Crippen LogP contribution >= 0.6 is 23.1 Å². The van der Waals surface area contributed by atoms with E-state index in [0.29, 0.717) is 28.6 Å². The molecule has 0 spiro atoms. The van der Waals surface area contributed by atoms with Crippen LogP contribution in [0, 0.1) is 21.4 Å². The van der Waals surface area contributed by atoms with Crippen molar-refractivity contribution in [3.05, 3.63) is 80.2 Å². The minimum atomic E-state index is -0.548. The van der Waals surface area contributed by atoms with Crippen LogP contribution in [0.4, 0.5) is 16.4 Å². The molecule has 1 aliphatic carbocycles. The average molecular weight is 624 g/mol. The number of nitrogens with one attached hydrogen (secondary N) is 2. The summed E-state index contributed by atoms with van der Waals surface area (Å²) >= 11 is 2.84. The maximum absolute atomic E-state index is 13.5. The number of non-ortho nitro benzene ring substituents is 1. The monoisotopic (exact) mass is 623 g/mol. The summed E-state index contributed by atoms with van der Waals surface area (Å²) in [4.78, 5) is 51.8. The van der Waals surface area contributed by atoms with Gasteiger partial charge in [0.05, 0.1) is 22.3 Å². The van der Waals surface area contributed by atoms with E-state index in [4.69, 9.17) is 4.74 Å². The van der Waals surface area contributed by atoms with Crippen LogP contribution in [-0.2, 0) is 22.4 Å². The normalized spacial score (nSPS) is 15.2. The first-order valence-corrected chi connectivity index (χ1v) is 16.1. The van der Waals surface area contributed by atoms with Crippen molar-refractivity contribution in [3.63, 3.8) is 0 Å². The molecule has 0 fully saturated rings. The largest absolute Gasteiger partial charge is 0.462 e. The molecule has 228 valence electrons. The van der Waals surface area contributed by atoms with Gasteiger partial charge in [0, 0.05) is 33.2 Å². The molecule has 1 aromatic heterocycles. The highest BCUT2D eigenvalue weighted by Crippen LogP contribution is 2.45. The maximum Gasteiger partial charge on any atom is 0.341 e. The summed E-state index contributed by atoms with van der Waals surface area (Å²) in [6.07, 6.45) is 3.16. The minimum Gasteiger partial charge on any atom is -0.462 e. The third-order valence-corrected chi connectivity index (χ3v) is 10.1. The maximum atomic E-state index is 13.5. The van der Waals surface area contributed by atoms with Gasteiger partial charge in [-0.25, -0.2) is 4.79 Å². The van der Waals surface area contributed by atoms with Gasteiger partial charge in [0.2, 0.25) is 5.91 Å². The number of benzene rings is 2. The van der Waals surface area contributed by atoms with Crippen molar-refractivity contribution in [3.8, 4) is 0 Å². The van der Waals surface area contributed by atoms with E-state index in [1.165, 1.54) is 47.4 Å². The molecule has 3 aromatic rings. The number of hydrogen-bond acceptors (Lipinski definition) is 8. The molecule has 1 heterocycles. The predicted octanol–water partition coefficient (Wildman–Crippen LogP) is 7.75. The number of amides is 2. The molecule has 1 aliphatic rings. The molecule has 0 aliphatic heterocycles. The Morgan fingerprint density at radius 3 is 2.53 bits per heavy atom. The number of carbonyl (C=O) groups excluding carboxylic acids is 3. The Labute approximate surface area is 259 Å². The third kappa shape index (κ3) is 7.83. The number of hydrogen-bond donors (Lipinski definition) is 2. The van der Waals surface area contributed by atoms with Gasteiger partial charge in [0.1, 0.15) is 5.00 Å². The lowest BCUT2D eigenvalue weighted by atomic mass is 9.72. The summed E-state index contributed by atoms with van der Waals surface area (Å²) in [5, 5.41) is 17.0. The molecule has 0 saturated carbocycles. The van der Waals surface area contributed by atoms with E-state index in [1.807, 2.05) is 13.0 Å². The van der Waals surface area contributed by atoms with Crippen LogP contribution in [0.2, 0.25) is 0 Å². The van der Waals surface area contributed by atoms with Gasteiger partial charge >= 0.3 is 5.97 Å². The fourth-order valence-corrected chi connectivity index (χ4v) is 7.45. The van der Waals surface area contributed by atoms with E-state index >= 15 is 0 Å². The van der Waals surface area contributed by atoms with E-state index in [2.05, 4.69) is 31.4 Å². The van der Waals surface area contributed by atoms with E-state index in [9.17, 15) is 24.5 Å². The molecule has 0 saturated heterocycles. The highest BCUT2D eigenvalue weighted by atomic mass is 32.2. The second-order valence-electron chi connectivity index (χ2n) is 11.5. The number of esters is 1. The summed E-state index contributed by atoms with van der Waals surface area (Å²) in [5.41, 5.74) is 2.12. The zero-order valence-electron chi connectivity index (χ0n) is 25.0. The van der Waals surface area contributed by atoms with Gasteiger partial charge in [-0.3, -0.25) is 19.7 Å². The Kier molecular flexibility index (Phi) is 10.3. The van der Waals surface area contributed by atoms with Crippen molar-refractivity contribution in [2.45, 2.75) is 70.4 Å². The first-order chi connectivity index (χ1) is 20.4. The molecule has 11 heteroatoms. The zero-order valence-corrected chi connectivity index (χ0v) is 26.7. The van der Waals surface area contributed by atoms with E-state index in [0.717, 1.165) is 34.6 Å². The second-order valence-corrected chi connectivity index (χ2v) is 13.9. The van der Waals surface area contributed by atoms with Gasteiger partial charge in [-0.1, -0.05) is 39.8 Å². The van der Waals surface area contributed by atoms with Crippen molar-refractivity contribution in [1.82, 2.24) is 0 Å². The molecule has 2 aromatic carbocycles. The standard InChI is InChI=1S/C32H37N3O6S2/c1-6-25(42-23-13-9-11-21(18-23)33-28(36)19-10-8-12-22(16-19)35(39)40)29(37)34-30-27(31(38)41-7-2)24-15-14-20(32(3,4)5)17-26(24)43-30/h8-13,16,18,20,25H,6-7,14-15,17H2,1-5H3,(H,33,36)(H,34,37). The molecule has 2 unspecified atom stereocenters. The van der Waals surface area contributed by atoms with Crippen LogP contribution in [0.15, 0.2) is 53.4 Å². The van der Waals surface area contributed by atoms with Crippen molar-refractivity contribution >= 4 is 57.3 Å². The van der Waals surface area contributed by atoms with Crippen LogP contribution < -0.4 is 10.6 Å². The molecule has 2 amide bonds. The Morgan fingerprint density at radius 2 is 1.86 bits per heavy atom. The highest BCUT2D eigenvalue weighted by molar-refractivity contribution is 8.00. The number of nitrogens with zero attached hydrogens (tertiary/aromatic N) is 1. The first kappa shape index (κ1) is 32.2. The fraction of sp³-hybridized carbons (Fsp3) is 0.406. The van der Waals surface area contributed by atoms with Gasteiger partial charge in [-0.05, 0) is 73.8 Å². The molecule has 9 nitrogen and oxygen atoms in total. The Morgan fingerprint density at radius 1 is 1.12 bits per heavy atom. The Bertz CT molecular complexity index is 1530. The van der Waals surface area contributed by atoms with Crippen LogP contribution in [0.5, 0.6) is 0 Å². The summed E-state index contributed by atoms with van der Waals surface area (Å²) in [6.45, 7) is 10.7. The molecule has 2 N–H and O–H groups in total. The summed E-state index contributed by atoms with van der Waals surface area (Å²) in [7, 11) is 0. The van der Waals surface area contributed by atoms with Crippen molar-refractivity contribution in [2.24, 2.45) is 11.3 Å². The lowest BCUT2D eigenvalue weighted by molar-refractivity contribution is -0.384. The van der Waals surface area contributed by atoms with Crippen LogP contribution in [-0.4, -0.2) is 34.6 Å². The van der Waals surface area contributed by atoms with Gasteiger partial charge in [-0.15, -0.1) is 23.1 Å². The topological polar surface area (TPSA) is 128 Å². The van der Waals surface area contributed by atoms with Crippen molar-refractivity contribution < 1.29 is 24.0 Å². The molecule has 0 bridgehead atoms. The summed E-state index contributed by atoms with van der Waals surface area (Å²) in [6, 6.07) is 12.6. The van der Waals surface area contributed by atoms with E-state index in [-0.39, 0.29) is 29.2 Å². The number of nitro groups is 1. The minimum absolute atomic E-state index is 0.145. The number of ether oxygens (including phenoxy) is 1. The number of thiophene rings is 1. The summed E-state index contributed by atoms with van der Waals surface area (Å²) < 4.78 is 5.39. The number of carbonyl (C=O) groups is 3. The van der Waals surface area contributed by atoms with Gasteiger partial charge in [0.25, 0.3) is 11.6 Å². The second kappa shape index (κ2) is 13.7. The van der Waals surface area contributed by atoms with Crippen molar-refractivity contribution in [2.75, 3.05) is 17.2 Å². The smallest absolute Gasteiger partial charge is 0.341 e. The number of fused-ring (bicyclic) bond motifs is 1. The quantitative estimate of drug-likeness (QED) is 0.102. The highest BCUT2D eigenvalue weighted by Gasteiger charge is 2.35. The van der Waals surface area contributed by atoms with Gasteiger partial charge < -0.3 is 15.4 Å². The molecule has 43 heavy (non-hydrogen) atoms. The molecule has 2 atom stereocenters. The van der Waals surface area contributed by atoms with Crippen LogP contribution in [0.1, 0.15) is 78.6 Å². The number of nitro benzene ring substituents is 1. The lowest BCUT2D eigenvalue weighted by Crippen LogP contribution is -2.27. The van der Waals surface area contributed by atoms with Crippen LogP contribution in [0.25, 0.3) is 0 Å². The molecule has 0 radical (unpaired) electrons. The molecular formula is C32H37N3O6S2. The Hall–Kier alpha value is -3.70. The van der Waals surface area contributed by atoms with E-state index < -0.39 is 22.0 Å². The third-order valence-electron chi connectivity index (χ3n) is 7.56. The molecular weight excluding hydrogens is 587 g/mol. The van der Waals surface area contributed by atoms with Crippen LogP contribution in [0.3, 0.4) is 0 Å². The first-order valence-electron chi connectivity index (χ1n) is 14.4. The SMILES string of the molecule is CCOC(=O)c1c(NC(=O)C(CC)Sc2cccc(NC(=O)c3cccc([N+](=O)[O-])c3)c2)sc2c1CCC(C(C)(C)C)C2. The summed E-state index contributed by atoms with van der Waals surface area (Å²) in [5.74, 6) is -0.606. The number of rotatable bonds is 10. The van der Waals surface area contributed by atoms with Gasteiger partial charge in [-0.2, -0.15) is 0 Å². The average Bonchev–Trinajstić information content (AvgIpc) is 3.32. The zero-order chi connectivity index (χ0) is 31.3. The lowest BCUT2D eigenvalue weighted by Gasteiger charge is -2.33. The number of anilines is 2. The molecule has 4 rings (SSSR count). The predicted molar refractivity (Wildman–Crippen MR) is 171 cm³/mol. The van der Waals surface area contributed by atoms with Crippen molar-refractivity contribution in [1.29, 1.82) is 0 Å². The van der Waals surface area contributed by atoms with Gasteiger partial charge in [0.15, 0.2) is 0 Å². The fourth-order valence-electron chi connectivity index (χ4n) is 5.12. The Balaban J connectivity index is 1.50. The number of thioether (sulfide) groups is 1. The van der Waals surface area contributed by atoms with E-state index in [1.54, 1.807) is 25.1 Å².